The summed E-state index contributed by atoms with van der Waals surface area (Å²) in [7, 11) is 0. The lowest BCUT2D eigenvalue weighted by Gasteiger charge is -2.17. The van der Waals surface area contributed by atoms with Crippen LogP contribution in [0.1, 0.15) is 25.5 Å². The van der Waals surface area contributed by atoms with Crippen LogP contribution < -0.4 is 5.32 Å². The van der Waals surface area contributed by atoms with Crippen LogP contribution >= 0.6 is 11.8 Å². The fraction of sp³-hybridized carbons (Fsp3) is 0.235. The first-order chi connectivity index (χ1) is 9.66. The fourth-order valence-corrected chi connectivity index (χ4v) is 2.81. The van der Waals surface area contributed by atoms with Gasteiger partial charge in [-0.2, -0.15) is 0 Å². The van der Waals surface area contributed by atoms with E-state index in [-0.39, 0.29) is 17.2 Å². The molecule has 2 nitrogen and oxygen atoms in total. The molecule has 0 saturated heterocycles. The maximum Gasteiger partial charge on any atom is 0.233 e. The first kappa shape index (κ1) is 14.7. The molecule has 0 aromatic heterocycles. The predicted octanol–water partition coefficient (Wildman–Crippen LogP) is 4.04. The molecule has 2 aromatic rings. The molecule has 0 radical (unpaired) electrons. The summed E-state index contributed by atoms with van der Waals surface area (Å²) in [4.78, 5) is 13.3. The van der Waals surface area contributed by atoms with E-state index in [1.165, 1.54) is 0 Å². The van der Waals surface area contributed by atoms with E-state index in [9.17, 15) is 4.79 Å². The van der Waals surface area contributed by atoms with Crippen molar-refractivity contribution in [3.05, 3.63) is 66.2 Å². The minimum atomic E-state index is -0.108. The minimum Gasteiger partial charge on any atom is -0.349 e. The molecule has 0 heterocycles. The molecule has 0 bridgehead atoms. The van der Waals surface area contributed by atoms with E-state index < -0.39 is 0 Å². The number of benzene rings is 2. The second-order valence-corrected chi connectivity index (χ2v) is 6.13. The van der Waals surface area contributed by atoms with E-state index in [1.807, 2.05) is 74.5 Å². The van der Waals surface area contributed by atoms with Gasteiger partial charge in [0, 0.05) is 4.90 Å². The Bertz CT molecular complexity index is 541. The van der Waals surface area contributed by atoms with Crippen LogP contribution in [0.2, 0.25) is 0 Å². The second kappa shape index (κ2) is 7.15. The number of rotatable bonds is 5. The topological polar surface area (TPSA) is 29.1 Å². The maximum absolute atomic E-state index is 12.2. The van der Waals surface area contributed by atoms with Crippen molar-refractivity contribution in [1.29, 1.82) is 0 Å². The van der Waals surface area contributed by atoms with Crippen molar-refractivity contribution >= 4 is 17.7 Å². The van der Waals surface area contributed by atoms with Crippen molar-refractivity contribution in [1.82, 2.24) is 5.32 Å². The van der Waals surface area contributed by atoms with Gasteiger partial charge in [-0.15, -0.1) is 11.8 Å². The van der Waals surface area contributed by atoms with Crippen molar-refractivity contribution in [2.45, 2.75) is 30.0 Å². The predicted molar refractivity (Wildman–Crippen MR) is 84.8 cm³/mol. The maximum atomic E-state index is 12.2. The summed E-state index contributed by atoms with van der Waals surface area (Å²) in [5.74, 6) is 0.0650. The standard InChI is InChI=1S/C17H19NOS/c1-13(15-9-5-3-6-10-15)18-17(19)14(2)20-16-11-7-4-8-12-16/h3-14H,1-2H3,(H,18,19)/t13-,14+/m1/s1. The summed E-state index contributed by atoms with van der Waals surface area (Å²) in [6, 6.07) is 20.0. The molecule has 0 unspecified atom stereocenters. The molecular weight excluding hydrogens is 266 g/mol. The van der Waals surface area contributed by atoms with Crippen LogP contribution in [0, 0.1) is 0 Å². The van der Waals surface area contributed by atoms with Gasteiger partial charge in [0.2, 0.25) is 5.91 Å². The minimum absolute atomic E-state index is 0.0301. The van der Waals surface area contributed by atoms with Crippen LogP contribution in [0.25, 0.3) is 0 Å². The Kier molecular flexibility index (Phi) is 5.24. The molecule has 20 heavy (non-hydrogen) atoms. The molecule has 0 fully saturated rings. The van der Waals surface area contributed by atoms with Crippen LogP contribution in [0.5, 0.6) is 0 Å². The Morgan fingerprint density at radius 2 is 1.50 bits per heavy atom. The molecule has 1 amide bonds. The Morgan fingerprint density at radius 3 is 2.10 bits per heavy atom. The molecule has 2 rings (SSSR count). The monoisotopic (exact) mass is 285 g/mol. The van der Waals surface area contributed by atoms with Gasteiger partial charge in [0.1, 0.15) is 0 Å². The molecule has 0 spiro atoms. The summed E-state index contributed by atoms with van der Waals surface area (Å²) >= 11 is 1.58. The zero-order valence-corrected chi connectivity index (χ0v) is 12.6. The number of hydrogen-bond donors (Lipinski definition) is 1. The molecular formula is C17H19NOS. The summed E-state index contributed by atoms with van der Waals surface area (Å²) in [5, 5.41) is 2.95. The molecule has 2 aromatic carbocycles. The Morgan fingerprint density at radius 1 is 0.950 bits per heavy atom. The van der Waals surface area contributed by atoms with Gasteiger partial charge in [-0.1, -0.05) is 48.5 Å². The molecule has 1 N–H and O–H groups in total. The van der Waals surface area contributed by atoms with Gasteiger partial charge in [0.25, 0.3) is 0 Å². The number of carbonyl (C=O) groups is 1. The van der Waals surface area contributed by atoms with Gasteiger partial charge in [-0.3, -0.25) is 4.79 Å². The third-order valence-corrected chi connectivity index (χ3v) is 4.20. The number of nitrogens with one attached hydrogen (secondary N) is 1. The SMILES string of the molecule is C[C@H](Sc1ccccc1)C(=O)N[C@H](C)c1ccccc1. The summed E-state index contributed by atoms with van der Waals surface area (Å²) < 4.78 is 0. The van der Waals surface area contributed by atoms with Gasteiger partial charge < -0.3 is 5.32 Å². The second-order valence-electron chi connectivity index (χ2n) is 4.71. The van der Waals surface area contributed by atoms with Gasteiger partial charge in [-0.25, -0.2) is 0 Å². The highest BCUT2D eigenvalue weighted by Crippen LogP contribution is 2.23. The third-order valence-electron chi connectivity index (χ3n) is 3.08. The first-order valence-electron chi connectivity index (χ1n) is 6.74. The quantitative estimate of drug-likeness (QED) is 0.840. The molecule has 0 saturated carbocycles. The third kappa shape index (κ3) is 4.14. The lowest BCUT2D eigenvalue weighted by Crippen LogP contribution is -2.33. The normalized spacial score (nSPS) is 13.5. The number of hydrogen-bond acceptors (Lipinski definition) is 2. The van der Waals surface area contributed by atoms with Crippen molar-refractivity contribution in [3.8, 4) is 0 Å². The molecule has 104 valence electrons. The lowest BCUT2D eigenvalue weighted by atomic mass is 10.1. The van der Waals surface area contributed by atoms with E-state index in [4.69, 9.17) is 0 Å². The highest BCUT2D eigenvalue weighted by molar-refractivity contribution is 8.00. The Labute approximate surface area is 124 Å². The largest absolute Gasteiger partial charge is 0.349 e. The number of thioether (sulfide) groups is 1. The highest BCUT2D eigenvalue weighted by atomic mass is 32.2. The first-order valence-corrected chi connectivity index (χ1v) is 7.62. The van der Waals surface area contributed by atoms with Crippen molar-refractivity contribution in [3.63, 3.8) is 0 Å². The zero-order valence-electron chi connectivity index (χ0n) is 11.7. The van der Waals surface area contributed by atoms with Crippen LogP contribution in [0.4, 0.5) is 0 Å². The van der Waals surface area contributed by atoms with Crippen LogP contribution in [-0.4, -0.2) is 11.2 Å². The molecule has 2 atom stereocenters. The number of amides is 1. The summed E-state index contributed by atoms with van der Waals surface area (Å²) in [6.45, 7) is 3.94. The van der Waals surface area contributed by atoms with E-state index in [0.29, 0.717) is 0 Å². The molecule has 0 aliphatic carbocycles. The fourth-order valence-electron chi connectivity index (χ4n) is 1.91. The smallest absolute Gasteiger partial charge is 0.233 e. The van der Waals surface area contributed by atoms with E-state index >= 15 is 0 Å². The molecule has 3 heteroatoms. The van der Waals surface area contributed by atoms with E-state index in [1.54, 1.807) is 11.8 Å². The van der Waals surface area contributed by atoms with Crippen LogP contribution in [0.15, 0.2) is 65.6 Å². The highest BCUT2D eigenvalue weighted by Gasteiger charge is 2.16. The Hall–Kier alpha value is -1.74. The van der Waals surface area contributed by atoms with Gasteiger partial charge >= 0.3 is 0 Å². The van der Waals surface area contributed by atoms with Crippen molar-refractivity contribution < 1.29 is 4.79 Å². The molecule has 0 aliphatic heterocycles. The van der Waals surface area contributed by atoms with Crippen LogP contribution in [-0.2, 0) is 4.79 Å². The zero-order chi connectivity index (χ0) is 14.4. The van der Waals surface area contributed by atoms with Crippen LogP contribution in [0.3, 0.4) is 0 Å². The summed E-state index contributed by atoms with van der Waals surface area (Å²) in [5.41, 5.74) is 1.12. The van der Waals surface area contributed by atoms with Crippen molar-refractivity contribution in [2.24, 2.45) is 0 Å². The molecule has 0 aliphatic rings. The van der Waals surface area contributed by atoms with E-state index in [2.05, 4.69) is 5.32 Å². The van der Waals surface area contributed by atoms with Crippen molar-refractivity contribution in [2.75, 3.05) is 0 Å². The Balaban J connectivity index is 1.91. The summed E-state index contributed by atoms with van der Waals surface area (Å²) in [6.07, 6.45) is 0. The lowest BCUT2D eigenvalue weighted by molar-refractivity contribution is -0.120. The van der Waals surface area contributed by atoms with Gasteiger partial charge in [-0.05, 0) is 31.5 Å². The van der Waals surface area contributed by atoms with Gasteiger partial charge in [0.05, 0.1) is 11.3 Å². The average molecular weight is 285 g/mol. The van der Waals surface area contributed by atoms with Gasteiger partial charge in [0.15, 0.2) is 0 Å². The average Bonchev–Trinajstić information content (AvgIpc) is 2.49. The number of carbonyl (C=O) groups excluding carboxylic acids is 1. The van der Waals surface area contributed by atoms with E-state index in [0.717, 1.165) is 10.5 Å².